The first-order valence-electron chi connectivity index (χ1n) is 5.42. The molecule has 1 aromatic rings. The number of hydrogen-bond acceptors (Lipinski definition) is 3. The van der Waals surface area contributed by atoms with E-state index in [0.29, 0.717) is 11.8 Å². The van der Waals surface area contributed by atoms with E-state index in [-0.39, 0.29) is 5.91 Å². The molecule has 1 aromatic carbocycles. The van der Waals surface area contributed by atoms with Gasteiger partial charge in [-0.25, -0.2) is 0 Å². The fourth-order valence-electron chi connectivity index (χ4n) is 1.72. The zero-order valence-corrected chi connectivity index (χ0v) is 10.4. The zero-order valence-electron chi connectivity index (χ0n) is 9.56. The number of likely N-dealkylation sites (N-methyl/N-ethyl adjacent to an activating group) is 1. The molecule has 0 bridgehead atoms. The molecule has 3 nitrogen and oxygen atoms in total. The summed E-state index contributed by atoms with van der Waals surface area (Å²) in [6, 6.07) is 8.39. The van der Waals surface area contributed by atoms with Gasteiger partial charge >= 0.3 is 0 Å². The van der Waals surface area contributed by atoms with E-state index < -0.39 is 0 Å². The van der Waals surface area contributed by atoms with Crippen LogP contribution in [0.4, 0.5) is 5.69 Å². The van der Waals surface area contributed by atoms with Crippen molar-refractivity contribution in [3.8, 4) is 0 Å². The Hall–Kier alpha value is -1.00. The third-order valence-corrected chi connectivity index (χ3v) is 3.81. The third-order valence-electron chi connectivity index (χ3n) is 2.76. The molecule has 1 amide bonds. The van der Waals surface area contributed by atoms with E-state index in [1.165, 1.54) is 4.90 Å². The summed E-state index contributed by atoms with van der Waals surface area (Å²) in [6.45, 7) is 2.81. The van der Waals surface area contributed by atoms with Crippen molar-refractivity contribution >= 4 is 23.4 Å². The van der Waals surface area contributed by atoms with Gasteiger partial charge in [0.25, 0.3) is 0 Å². The SMILES string of the molecule is CNC(C)CN1C(=O)CSc2ccccc21. The van der Waals surface area contributed by atoms with E-state index >= 15 is 0 Å². The Morgan fingerprint density at radius 1 is 1.50 bits per heavy atom. The van der Waals surface area contributed by atoms with Crippen molar-refractivity contribution in [3.63, 3.8) is 0 Å². The van der Waals surface area contributed by atoms with Gasteiger partial charge in [0.05, 0.1) is 11.4 Å². The third kappa shape index (κ3) is 2.23. The molecule has 16 heavy (non-hydrogen) atoms. The Kier molecular flexibility index (Phi) is 3.51. The summed E-state index contributed by atoms with van der Waals surface area (Å²) in [5, 5.41) is 3.16. The van der Waals surface area contributed by atoms with Crippen LogP contribution in [0.15, 0.2) is 29.2 Å². The van der Waals surface area contributed by atoms with Gasteiger partial charge in [0.15, 0.2) is 0 Å². The highest BCUT2D eigenvalue weighted by Gasteiger charge is 2.24. The molecule has 86 valence electrons. The Labute approximate surface area is 100 Å². The van der Waals surface area contributed by atoms with Crippen molar-refractivity contribution < 1.29 is 4.79 Å². The second kappa shape index (κ2) is 4.89. The van der Waals surface area contributed by atoms with E-state index in [9.17, 15) is 4.79 Å². The van der Waals surface area contributed by atoms with Gasteiger partial charge in [0, 0.05) is 17.5 Å². The van der Waals surface area contributed by atoms with Crippen LogP contribution in [0.1, 0.15) is 6.92 Å². The lowest BCUT2D eigenvalue weighted by atomic mass is 10.2. The van der Waals surface area contributed by atoms with Crippen LogP contribution in [-0.2, 0) is 4.79 Å². The maximum absolute atomic E-state index is 11.9. The molecule has 1 unspecified atom stereocenters. The van der Waals surface area contributed by atoms with Gasteiger partial charge in [-0.05, 0) is 26.1 Å². The summed E-state index contributed by atoms with van der Waals surface area (Å²) in [5.74, 6) is 0.749. The smallest absolute Gasteiger partial charge is 0.237 e. The predicted molar refractivity (Wildman–Crippen MR) is 68.0 cm³/mol. The van der Waals surface area contributed by atoms with Crippen molar-refractivity contribution in [2.45, 2.75) is 17.9 Å². The number of nitrogens with zero attached hydrogens (tertiary/aromatic N) is 1. The zero-order chi connectivity index (χ0) is 11.5. The molecule has 1 heterocycles. The van der Waals surface area contributed by atoms with Crippen LogP contribution in [-0.4, -0.2) is 31.3 Å². The first kappa shape index (κ1) is 11.5. The number of anilines is 1. The monoisotopic (exact) mass is 236 g/mol. The molecule has 0 saturated carbocycles. The number of thioether (sulfide) groups is 1. The van der Waals surface area contributed by atoms with E-state index in [1.807, 2.05) is 30.1 Å². The van der Waals surface area contributed by atoms with Crippen LogP contribution in [0.2, 0.25) is 0 Å². The summed E-state index contributed by atoms with van der Waals surface area (Å²) in [7, 11) is 1.92. The van der Waals surface area contributed by atoms with Gasteiger partial charge in [0.1, 0.15) is 0 Å². The number of carbonyl (C=O) groups excluding carboxylic acids is 1. The number of amides is 1. The van der Waals surface area contributed by atoms with Crippen LogP contribution < -0.4 is 10.2 Å². The van der Waals surface area contributed by atoms with Gasteiger partial charge in [-0.2, -0.15) is 0 Å². The van der Waals surface area contributed by atoms with Crippen LogP contribution in [0.25, 0.3) is 0 Å². The number of carbonyl (C=O) groups is 1. The lowest BCUT2D eigenvalue weighted by molar-refractivity contribution is -0.116. The van der Waals surface area contributed by atoms with Gasteiger partial charge in [-0.15, -0.1) is 11.8 Å². The first-order chi connectivity index (χ1) is 7.72. The van der Waals surface area contributed by atoms with E-state index in [2.05, 4.69) is 18.3 Å². The quantitative estimate of drug-likeness (QED) is 0.867. The molecule has 1 aliphatic heterocycles. The average molecular weight is 236 g/mol. The lowest BCUT2D eigenvalue weighted by Crippen LogP contribution is -2.43. The fourth-order valence-corrected chi connectivity index (χ4v) is 2.65. The van der Waals surface area contributed by atoms with Crippen molar-refractivity contribution in [2.24, 2.45) is 0 Å². The number of para-hydroxylation sites is 1. The second-order valence-corrected chi connectivity index (χ2v) is 4.97. The van der Waals surface area contributed by atoms with E-state index in [1.54, 1.807) is 11.8 Å². The van der Waals surface area contributed by atoms with Crippen LogP contribution in [0.5, 0.6) is 0 Å². The van der Waals surface area contributed by atoms with Crippen LogP contribution in [0, 0.1) is 0 Å². The number of hydrogen-bond donors (Lipinski definition) is 1. The minimum atomic E-state index is 0.200. The minimum absolute atomic E-state index is 0.200. The minimum Gasteiger partial charge on any atom is -0.315 e. The lowest BCUT2D eigenvalue weighted by Gasteiger charge is -2.30. The molecule has 0 radical (unpaired) electrons. The van der Waals surface area contributed by atoms with Crippen LogP contribution in [0.3, 0.4) is 0 Å². The number of rotatable bonds is 3. The van der Waals surface area contributed by atoms with E-state index in [4.69, 9.17) is 0 Å². The maximum Gasteiger partial charge on any atom is 0.237 e. The molecule has 0 fully saturated rings. The summed E-state index contributed by atoms with van der Waals surface area (Å²) < 4.78 is 0. The summed E-state index contributed by atoms with van der Waals surface area (Å²) in [6.07, 6.45) is 0. The second-order valence-electron chi connectivity index (χ2n) is 3.95. The number of benzene rings is 1. The molecule has 4 heteroatoms. The largest absolute Gasteiger partial charge is 0.315 e. The molecule has 1 atom stereocenters. The van der Waals surface area contributed by atoms with Gasteiger partial charge < -0.3 is 10.2 Å². The average Bonchev–Trinajstić information content (AvgIpc) is 2.32. The van der Waals surface area contributed by atoms with Crippen molar-refractivity contribution in [1.82, 2.24) is 5.32 Å². The highest BCUT2D eigenvalue weighted by molar-refractivity contribution is 8.00. The molecule has 0 spiro atoms. The Morgan fingerprint density at radius 2 is 2.25 bits per heavy atom. The number of fused-ring (bicyclic) bond motifs is 1. The fraction of sp³-hybridized carbons (Fsp3) is 0.417. The Balaban J connectivity index is 2.26. The molecule has 2 rings (SSSR count). The summed E-state index contributed by atoms with van der Waals surface area (Å²) >= 11 is 1.62. The predicted octanol–water partition coefficient (Wildman–Crippen LogP) is 1.73. The molecule has 0 aromatic heterocycles. The molecular formula is C12H16N2OS. The molecular weight excluding hydrogens is 220 g/mol. The summed E-state index contributed by atoms with van der Waals surface area (Å²) in [5.41, 5.74) is 1.05. The van der Waals surface area contributed by atoms with Crippen molar-refractivity contribution in [2.75, 3.05) is 24.2 Å². The molecule has 1 N–H and O–H groups in total. The van der Waals surface area contributed by atoms with Gasteiger partial charge in [0.2, 0.25) is 5.91 Å². The Bertz CT molecular complexity index is 394. The maximum atomic E-state index is 11.9. The summed E-state index contributed by atoms with van der Waals surface area (Å²) in [4.78, 5) is 15.0. The van der Waals surface area contributed by atoms with Gasteiger partial charge in [-0.1, -0.05) is 12.1 Å². The molecule has 0 saturated heterocycles. The standard InChI is InChI=1S/C12H16N2OS/c1-9(13-2)7-14-10-5-3-4-6-11(10)16-8-12(14)15/h3-6,9,13H,7-8H2,1-2H3. The Morgan fingerprint density at radius 3 is 3.00 bits per heavy atom. The van der Waals surface area contributed by atoms with Crippen molar-refractivity contribution in [3.05, 3.63) is 24.3 Å². The highest BCUT2D eigenvalue weighted by atomic mass is 32.2. The van der Waals surface area contributed by atoms with Crippen molar-refractivity contribution in [1.29, 1.82) is 0 Å². The molecule has 1 aliphatic rings. The normalized spacial score (nSPS) is 17.1. The molecule has 0 aliphatic carbocycles. The highest BCUT2D eigenvalue weighted by Crippen LogP contribution is 2.34. The number of nitrogens with one attached hydrogen (secondary N) is 1. The van der Waals surface area contributed by atoms with Crippen LogP contribution >= 0.6 is 11.8 Å². The van der Waals surface area contributed by atoms with Gasteiger partial charge in [-0.3, -0.25) is 4.79 Å². The first-order valence-corrected chi connectivity index (χ1v) is 6.40. The topological polar surface area (TPSA) is 32.3 Å². The van der Waals surface area contributed by atoms with E-state index in [0.717, 1.165) is 12.2 Å².